The van der Waals surface area contributed by atoms with Crippen molar-refractivity contribution in [1.29, 1.82) is 0 Å². The predicted octanol–water partition coefficient (Wildman–Crippen LogP) is 1.26. The van der Waals surface area contributed by atoms with Crippen LogP contribution in [0.3, 0.4) is 0 Å². The van der Waals surface area contributed by atoms with Gasteiger partial charge < -0.3 is 9.32 Å². The topological polar surface area (TPSA) is 45.4 Å². The van der Waals surface area contributed by atoms with E-state index >= 15 is 0 Å². The summed E-state index contributed by atoms with van der Waals surface area (Å²) >= 11 is 0. The second kappa shape index (κ2) is 4.97. The fraction of sp³-hybridized carbons (Fsp3) is 0.846. The van der Waals surface area contributed by atoms with Gasteiger partial charge in [-0.1, -0.05) is 0 Å². The molecule has 2 aliphatic rings. The first-order chi connectivity index (χ1) is 8.72. The summed E-state index contributed by atoms with van der Waals surface area (Å²) < 4.78 is 5.56. The first-order valence-corrected chi connectivity index (χ1v) is 6.95. The number of aromatic nitrogens is 2. The maximum absolute atomic E-state index is 5.56. The Morgan fingerprint density at radius 2 is 1.89 bits per heavy atom. The van der Waals surface area contributed by atoms with E-state index in [2.05, 4.69) is 27.0 Å². The fourth-order valence-electron chi connectivity index (χ4n) is 3.16. The number of likely N-dealkylation sites (tertiary alicyclic amines) is 2. The molecule has 3 rings (SSSR count). The third-order valence-electron chi connectivity index (χ3n) is 4.32. The molecule has 0 bridgehead atoms. The first-order valence-electron chi connectivity index (χ1n) is 6.95. The predicted molar refractivity (Wildman–Crippen MR) is 68.5 cm³/mol. The molecule has 1 aromatic heterocycles. The molecule has 0 aromatic carbocycles. The molecule has 18 heavy (non-hydrogen) atoms. The van der Waals surface area contributed by atoms with Crippen LogP contribution in [0.5, 0.6) is 0 Å². The number of aryl methyl sites for hydroxylation is 1. The summed E-state index contributed by atoms with van der Waals surface area (Å²) in [4.78, 5) is 5.04. The quantitative estimate of drug-likeness (QED) is 0.791. The van der Waals surface area contributed by atoms with Crippen molar-refractivity contribution in [2.45, 2.75) is 38.1 Å². The average molecular weight is 250 g/mol. The van der Waals surface area contributed by atoms with Crippen molar-refractivity contribution in [2.24, 2.45) is 0 Å². The van der Waals surface area contributed by atoms with E-state index in [9.17, 15) is 0 Å². The zero-order valence-corrected chi connectivity index (χ0v) is 11.3. The van der Waals surface area contributed by atoms with Crippen LogP contribution >= 0.6 is 0 Å². The molecule has 0 saturated carbocycles. The molecule has 2 fully saturated rings. The summed E-state index contributed by atoms with van der Waals surface area (Å²) in [6.45, 7) is 6.59. The van der Waals surface area contributed by atoms with Crippen molar-refractivity contribution in [3.63, 3.8) is 0 Å². The Balaban J connectivity index is 1.58. The van der Waals surface area contributed by atoms with Gasteiger partial charge in [-0.2, -0.15) is 0 Å². The van der Waals surface area contributed by atoms with Crippen LogP contribution in [0.1, 0.15) is 37.0 Å². The second-order valence-electron chi connectivity index (χ2n) is 5.67. The molecule has 1 aromatic rings. The van der Waals surface area contributed by atoms with E-state index in [1.165, 1.54) is 32.5 Å². The van der Waals surface area contributed by atoms with Gasteiger partial charge in [0, 0.05) is 19.5 Å². The number of hydrogen-bond acceptors (Lipinski definition) is 5. The standard InChI is InChI=1S/C13H22N4O/c1-10-14-15-13(18-10)11-3-8-17(9-11)12-4-6-16(2)7-5-12/h11-12H,3-9H2,1-2H3. The van der Waals surface area contributed by atoms with E-state index in [4.69, 9.17) is 4.42 Å². The highest BCUT2D eigenvalue weighted by molar-refractivity contribution is 4.98. The van der Waals surface area contributed by atoms with Gasteiger partial charge in [0.1, 0.15) is 0 Å². The van der Waals surface area contributed by atoms with Crippen molar-refractivity contribution in [1.82, 2.24) is 20.0 Å². The van der Waals surface area contributed by atoms with Crippen LogP contribution in [-0.4, -0.2) is 59.3 Å². The van der Waals surface area contributed by atoms with Crippen molar-refractivity contribution >= 4 is 0 Å². The Hall–Kier alpha value is -0.940. The molecule has 100 valence electrons. The van der Waals surface area contributed by atoms with Crippen LogP contribution < -0.4 is 0 Å². The van der Waals surface area contributed by atoms with Crippen molar-refractivity contribution in [2.75, 3.05) is 33.2 Å². The molecule has 2 aliphatic heterocycles. The lowest BCUT2D eigenvalue weighted by Gasteiger charge is -2.35. The van der Waals surface area contributed by atoms with Gasteiger partial charge in [-0.3, -0.25) is 4.90 Å². The lowest BCUT2D eigenvalue weighted by molar-refractivity contribution is 0.141. The van der Waals surface area contributed by atoms with Crippen LogP contribution in [0.2, 0.25) is 0 Å². The highest BCUT2D eigenvalue weighted by atomic mass is 16.4. The van der Waals surface area contributed by atoms with Crippen LogP contribution in [0.4, 0.5) is 0 Å². The molecule has 5 heteroatoms. The van der Waals surface area contributed by atoms with E-state index in [-0.39, 0.29) is 0 Å². The molecule has 1 atom stereocenters. The van der Waals surface area contributed by atoms with E-state index in [0.717, 1.165) is 24.9 Å². The van der Waals surface area contributed by atoms with Crippen LogP contribution in [0, 0.1) is 6.92 Å². The van der Waals surface area contributed by atoms with Gasteiger partial charge in [-0.05, 0) is 45.9 Å². The largest absolute Gasteiger partial charge is 0.425 e. The third-order valence-corrected chi connectivity index (χ3v) is 4.32. The van der Waals surface area contributed by atoms with E-state index < -0.39 is 0 Å². The summed E-state index contributed by atoms with van der Waals surface area (Å²) in [7, 11) is 2.21. The maximum Gasteiger partial charge on any atom is 0.220 e. The number of rotatable bonds is 2. The van der Waals surface area contributed by atoms with Crippen molar-refractivity contribution in [3.05, 3.63) is 11.8 Å². The average Bonchev–Trinajstić information content (AvgIpc) is 2.98. The Morgan fingerprint density at radius 1 is 1.11 bits per heavy atom. The van der Waals surface area contributed by atoms with E-state index in [1.807, 2.05) is 6.92 Å². The van der Waals surface area contributed by atoms with Gasteiger partial charge in [0.25, 0.3) is 0 Å². The summed E-state index contributed by atoms with van der Waals surface area (Å²) in [5.74, 6) is 1.97. The summed E-state index contributed by atoms with van der Waals surface area (Å²) in [6.07, 6.45) is 3.76. The minimum atomic E-state index is 0.450. The summed E-state index contributed by atoms with van der Waals surface area (Å²) in [5, 5.41) is 8.10. The van der Waals surface area contributed by atoms with Crippen LogP contribution in [0.15, 0.2) is 4.42 Å². The lowest BCUT2D eigenvalue weighted by atomic mass is 10.0. The molecule has 0 radical (unpaired) electrons. The minimum Gasteiger partial charge on any atom is -0.425 e. The molecule has 0 amide bonds. The molecule has 1 unspecified atom stereocenters. The molecule has 5 nitrogen and oxygen atoms in total. The Labute approximate surface area is 108 Å². The van der Waals surface area contributed by atoms with Gasteiger partial charge in [0.2, 0.25) is 11.8 Å². The van der Waals surface area contributed by atoms with Gasteiger partial charge in [0.15, 0.2) is 0 Å². The molecule has 0 spiro atoms. The van der Waals surface area contributed by atoms with Gasteiger partial charge in [0.05, 0.1) is 5.92 Å². The zero-order chi connectivity index (χ0) is 12.5. The van der Waals surface area contributed by atoms with Crippen molar-refractivity contribution < 1.29 is 4.42 Å². The first kappa shape index (κ1) is 12.1. The Kier molecular flexibility index (Phi) is 3.35. The van der Waals surface area contributed by atoms with E-state index in [1.54, 1.807) is 0 Å². The number of hydrogen-bond donors (Lipinski definition) is 0. The van der Waals surface area contributed by atoms with Gasteiger partial charge in [-0.15, -0.1) is 10.2 Å². The van der Waals surface area contributed by atoms with Gasteiger partial charge in [-0.25, -0.2) is 0 Å². The Bertz CT molecular complexity index is 397. The second-order valence-corrected chi connectivity index (χ2v) is 5.67. The molecule has 3 heterocycles. The highest BCUT2D eigenvalue weighted by Gasteiger charge is 2.32. The highest BCUT2D eigenvalue weighted by Crippen LogP contribution is 2.29. The number of nitrogens with zero attached hydrogens (tertiary/aromatic N) is 4. The fourth-order valence-corrected chi connectivity index (χ4v) is 3.16. The third kappa shape index (κ3) is 2.42. The van der Waals surface area contributed by atoms with Crippen molar-refractivity contribution in [3.8, 4) is 0 Å². The monoisotopic (exact) mass is 250 g/mol. The van der Waals surface area contributed by atoms with Crippen LogP contribution in [0.25, 0.3) is 0 Å². The normalized spacial score (nSPS) is 28.0. The zero-order valence-electron chi connectivity index (χ0n) is 11.3. The summed E-state index contributed by atoms with van der Waals surface area (Å²) in [6, 6.07) is 0.759. The molecular formula is C13H22N4O. The van der Waals surface area contributed by atoms with Crippen LogP contribution in [-0.2, 0) is 0 Å². The molecular weight excluding hydrogens is 228 g/mol. The van der Waals surface area contributed by atoms with Gasteiger partial charge >= 0.3 is 0 Å². The minimum absolute atomic E-state index is 0.450. The molecule has 2 saturated heterocycles. The number of piperidine rings is 1. The SMILES string of the molecule is Cc1nnc(C2CCN(C3CCN(C)CC3)C2)o1. The molecule has 0 N–H and O–H groups in total. The Morgan fingerprint density at radius 3 is 2.56 bits per heavy atom. The maximum atomic E-state index is 5.56. The lowest BCUT2D eigenvalue weighted by Crippen LogP contribution is -2.42. The molecule has 0 aliphatic carbocycles. The van der Waals surface area contributed by atoms with E-state index in [0.29, 0.717) is 11.8 Å². The summed E-state index contributed by atoms with van der Waals surface area (Å²) in [5.41, 5.74) is 0. The smallest absolute Gasteiger partial charge is 0.220 e.